The average Bonchev–Trinajstić information content (AvgIpc) is 3.42. The molecule has 1 saturated heterocycles. The summed E-state index contributed by atoms with van der Waals surface area (Å²) in [5, 5.41) is 0. The molecule has 0 bridgehead atoms. The van der Waals surface area contributed by atoms with E-state index in [1.165, 1.54) is 24.3 Å². The Morgan fingerprint density at radius 2 is 1.74 bits per heavy atom. The molecule has 1 aliphatic carbocycles. The van der Waals surface area contributed by atoms with E-state index in [0.29, 0.717) is 12.1 Å². The Hall–Kier alpha value is -1.49. The molecule has 27 heavy (non-hydrogen) atoms. The van der Waals surface area contributed by atoms with Crippen molar-refractivity contribution in [3.63, 3.8) is 0 Å². The van der Waals surface area contributed by atoms with Crippen molar-refractivity contribution in [1.29, 1.82) is 0 Å². The highest BCUT2D eigenvalue weighted by Gasteiger charge is 2.30. The van der Waals surface area contributed by atoms with Crippen LogP contribution >= 0.6 is 0 Å². The minimum absolute atomic E-state index is 0.0211. The van der Waals surface area contributed by atoms with E-state index >= 15 is 0 Å². The van der Waals surface area contributed by atoms with Crippen molar-refractivity contribution in [3.8, 4) is 0 Å². The molecule has 2 fully saturated rings. The highest BCUT2D eigenvalue weighted by Crippen LogP contribution is 2.23. The maximum Gasteiger partial charge on any atom is 0.254 e. The highest BCUT2D eigenvalue weighted by molar-refractivity contribution is 7.89. The van der Waals surface area contributed by atoms with Crippen molar-refractivity contribution in [2.24, 2.45) is 0 Å². The Morgan fingerprint density at radius 1 is 1.07 bits per heavy atom. The second-order valence-corrected chi connectivity index (χ2v) is 10.7. The number of hydrogen-bond donors (Lipinski definition) is 2. The number of nitrogens with one attached hydrogen (secondary N) is 2. The summed E-state index contributed by atoms with van der Waals surface area (Å²) in [6.07, 6.45) is 5.33. The van der Waals surface area contributed by atoms with Gasteiger partial charge < -0.3 is 4.90 Å². The van der Waals surface area contributed by atoms with Gasteiger partial charge in [-0.3, -0.25) is 4.79 Å². The molecule has 150 valence electrons. The number of nitrogens with zero attached hydrogens (tertiary/aromatic N) is 1. The van der Waals surface area contributed by atoms with Crippen molar-refractivity contribution in [1.82, 2.24) is 14.3 Å². The van der Waals surface area contributed by atoms with Gasteiger partial charge in [-0.05, 0) is 56.4 Å². The van der Waals surface area contributed by atoms with Crippen LogP contribution in [0.25, 0.3) is 0 Å². The summed E-state index contributed by atoms with van der Waals surface area (Å²) in [5.74, 6) is -0.214. The summed E-state index contributed by atoms with van der Waals surface area (Å²) in [5.41, 5.74) is 0.395. The molecule has 1 aliphatic heterocycles. The normalized spacial score (nSPS) is 21.2. The molecular formula is C17H25N3O5S2. The van der Waals surface area contributed by atoms with E-state index in [0.717, 1.165) is 38.4 Å². The number of carbonyl (C=O) groups excluding carboxylic acids is 1. The third-order valence-corrected chi connectivity index (χ3v) is 7.01. The summed E-state index contributed by atoms with van der Waals surface area (Å²) in [7, 11) is -6.88. The van der Waals surface area contributed by atoms with Crippen LogP contribution in [0.2, 0.25) is 0 Å². The molecule has 1 unspecified atom stereocenters. The van der Waals surface area contributed by atoms with Crippen molar-refractivity contribution < 1.29 is 21.6 Å². The topological polar surface area (TPSA) is 113 Å². The molecule has 0 radical (unpaired) electrons. The van der Waals surface area contributed by atoms with Crippen LogP contribution in [0.1, 0.15) is 42.5 Å². The van der Waals surface area contributed by atoms with Gasteiger partial charge in [-0.1, -0.05) is 0 Å². The van der Waals surface area contributed by atoms with Crippen LogP contribution in [0.5, 0.6) is 0 Å². The second kappa shape index (κ2) is 7.86. The Morgan fingerprint density at radius 3 is 2.33 bits per heavy atom. The molecule has 1 amide bonds. The number of rotatable bonds is 7. The van der Waals surface area contributed by atoms with E-state index < -0.39 is 20.0 Å². The number of carbonyl (C=O) groups is 1. The summed E-state index contributed by atoms with van der Waals surface area (Å²) in [6, 6.07) is 5.71. The summed E-state index contributed by atoms with van der Waals surface area (Å²) >= 11 is 0. The molecule has 1 saturated carbocycles. The lowest BCUT2D eigenvalue weighted by Crippen LogP contribution is -2.49. The average molecular weight is 416 g/mol. The number of piperidine rings is 1. The quantitative estimate of drug-likeness (QED) is 0.680. The molecule has 0 spiro atoms. The van der Waals surface area contributed by atoms with Gasteiger partial charge in [0.1, 0.15) is 0 Å². The standard InChI is InChI=1S/C17H25N3O5S2/c1-26(22,23)18-12-15-4-2-3-11-20(15)17(21)13-5-9-16(10-6-13)27(24,25)19-14-7-8-14/h5-6,9-10,14-15,18-19H,2-4,7-8,11-12H2,1H3. The number of amides is 1. The van der Waals surface area contributed by atoms with E-state index in [2.05, 4.69) is 9.44 Å². The fourth-order valence-corrected chi connectivity index (χ4v) is 4.96. The van der Waals surface area contributed by atoms with Crippen LogP contribution < -0.4 is 9.44 Å². The van der Waals surface area contributed by atoms with Gasteiger partial charge in [0.25, 0.3) is 5.91 Å². The van der Waals surface area contributed by atoms with Gasteiger partial charge in [0.2, 0.25) is 20.0 Å². The summed E-state index contributed by atoms with van der Waals surface area (Å²) in [6.45, 7) is 0.737. The zero-order valence-electron chi connectivity index (χ0n) is 15.2. The zero-order valence-corrected chi connectivity index (χ0v) is 16.9. The minimum atomic E-state index is -3.55. The first-order valence-corrected chi connectivity index (χ1v) is 12.4. The van der Waals surface area contributed by atoms with E-state index in [1.54, 1.807) is 4.90 Å². The number of likely N-dealkylation sites (tertiary alicyclic amines) is 1. The van der Waals surface area contributed by atoms with Crippen molar-refractivity contribution in [2.45, 2.75) is 49.1 Å². The lowest BCUT2D eigenvalue weighted by molar-refractivity contribution is 0.0618. The first kappa shape index (κ1) is 20.2. The Bertz CT molecular complexity index is 893. The molecule has 1 aromatic carbocycles. The van der Waals surface area contributed by atoms with E-state index in [-0.39, 0.29) is 29.4 Å². The smallest absolute Gasteiger partial charge is 0.254 e. The molecule has 2 N–H and O–H groups in total. The van der Waals surface area contributed by atoms with Gasteiger partial charge in [-0.25, -0.2) is 26.3 Å². The van der Waals surface area contributed by atoms with Crippen molar-refractivity contribution in [2.75, 3.05) is 19.3 Å². The fraction of sp³-hybridized carbons (Fsp3) is 0.588. The lowest BCUT2D eigenvalue weighted by Gasteiger charge is -2.35. The maximum atomic E-state index is 12.9. The SMILES string of the molecule is CS(=O)(=O)NCC1CCCCN1C(=O)c1ccc(S(=O)(=O)NC2CC2)cc1. The second-order valence-electron chi connectivity index (χ2n) is 7.19. The van der Waals surface area contributed by atoms with Gasteiger partial charge in [-0.2, -0.15) is 0 Å². The molecule has 10 heteroatoms. The molecular weight excluding hydrogens is 390 g/mol. The minimum Gasteiger partial charge on any atom is -0.334 e. The Balaban J connectivity index is 1.71. The molecule has 1 aromatic rings. The number of hydrogen-bond acceptors (Lipinski definition) is 5. The maximum absolute atomic E-state index is 12.9. The van der Waals surface area contributed by atoms with Crippen LogP contribution in [0.4, 0.5) is 0 Å². The third kappa shape index (κ3) is 5.50. The fourth-order valence-electron chi connectivity index (χ4n) is 3.16. The molecule has 2 aliphatic rings. The Kier molecular flexibility index (Phi) is 5.90. The number of benzene rings is 1. The van der Waals surface area contributed by atoms with Crippen LogP contribution in [0, 0.1) is 0 Å². The van der Waals surface area contributed by atoms with Crippen LogP contribution in [-0.2, 0) is 20.0 Å². The first-order valence-electron chi connectivity index (χ1n) is 9.04. The lowest BCUT2D eigenvalue weighted by atomic mass is 10.0. The van der Waals surface area contributed by atoms with Gasteiger partial charge >= 0.3 is 0 Å². The van der Waals surface area contributed by atoms with Gasteiger partial charge in [-0.15, -0.1) is 0 Å². The number of sulfonamides is 2. The molecule has 1 atom stereocenters. The van der Waals surface area contributed by atoms with Crippen LogP contribution in [-0.4, -0.2) is 59.1 Å². The highest BCUT2D eigenvalue weighted by atomic mass is 32.2. The predicted molar refractivity (Wildman–Crippen MR) is 101 cm³/mol. The van der Waals surface area contributed by atoms with Crippen molar-refractivity contribution >= 4 is 26.0 Å². The van der Waals surface area contributed by atoms with Gasteiger partial charge in [0, 0.05) is 30.7 Å². The molecule has 8 nitrogen and oxygen atoms in total. The monoisotopic (exact) mass is 415 g/mol. The molecule has 0 aromatic heterocycles. The van der Waals surface area contributed by atoms with E-state index in [1.807, 2.05) is 0 Å². The Labute approximate surface area is 160 Å². The predicted octanol–water partition coefficient (Wildman–Crippen LogP) is 0.671. The first-order chi connectivity index (χ1) is 12.7. The molecule has 1 heterocycles. The molecule has 3 rings (SSSR count). The van der Waals surface area contributed by atoms with E-state index in [4.69, 9.17) is 0 Å². The third-order valence-electron chi connectivity index (χ3n) is 4.78. The largest absolute Gasteiger partial charge is 0.334 e. The van der Waals surface area contributed by atoms with E-state index in [9.17, 15) is 21.6 Å². The van der Waals surface area contributed by atoms with Gasteiger partial charge in [0.15, 0.2) is 0 Å². The van der Waals surface area contributed by atoms with Crippen molar-refractivity contribution in [3.05, 3.63) is 29.8 Å². The summed E-state index contributed by atoms with van der Waals surface area (Å²) in [4.78, 5) is 14.7. The summed E-state index contributed by atoms with van der Waals surface area (Å²) < 4.78 is 52.2. The zero-order chi connectivity index (χ0) is 19.7. The van der Waals surface area contributed by atoms with Crippen LogP contribution in [0.3, 0.4) is 0 Å². The van der Waals surface area contributed by atoms with Gasteiger partial charge in [0.05, 0.1) is 11.2 Å². The van der Waals surface area contributed by atoms with Crippen LogP contribution in [0.15, 0.2) is 29.2 Å².